The first-order chi connectivity index (χ1) is 12.2. The lowest BCUT2D eigenvalue weighted by atomic mass is 10.1. The third-order valence-electron chi connectivity index (χ3n) is 3.62. The Balaban J connectivity index is 1.58. The maximum Gasteiger partial charge on any atom is 0.228 e. The van der Waals surface area contributed by atoms with Crippen molar-refractivity contribution in [2.75, 3.05) is 5.32 Å². The van der Waals surface area contributed by atoms with Gasteiger partial charge in [0.25, 0.3) is 0 Å². The van der Waals surface area contributed by atoms with Gasteiger partial charge in [0.2, 0.25) is 5.91 Å². The summed E-state index contributed by atoms with van der Waals surface area (Å²) >= 11 is 0. The first-order valence-corrected chi connectivity index (χ1v) is 8.00. The molecule has 0 atom stereocenters. The van der Waals surface area contributed by atoms with Crippen LogP contribution in [0.25, 0.3) is 0 Å². The van der Waals surface area contributed by atoms with E-state index in [1.807, 2.05) is 54.6 Å². The standard InChI is InChI=1S/C21H18FNO2/c22-18-9-5-10-19(14-18)23-21(24)13-17-8-4-11-20(12-17)25-15-16-6-2-1-3-7-16/h1-12,14H,13,15H2,(H,23,24). The van der Waals surface area contributed by atoms with E-state index in [0.717, 1.165) is 11.1 Å². The molecule has 3 aromatic rings. The highest BCUT2D eigenvalue weighted by Gasteiger charge is 2.06. The molecule has 0 bridgehead atoms. The number of ether oxygens (including phenoxy) is 1. The zero-order valence-corrected chi connectivity index (χ0v) is 13.6. The van der Waals surface area contributed by atoms with Gasteiger partial charge in [0.1, 0.15) is 18.2 Å². The van der Waals surface area contributed by atoms with Gasteiger partial charge in [0, 0.05) is 5.69 Å². The number of carbonyl (C=O) groups is 1. The van der Waals surface area contributed by atoms with Crippen LogP contribution in [0.3, 0.4) is 0 Å². The van der Waals surface area contributed by atoms with Crippen LogP contribution in [0.15, 0.2) is 78.9 Å². The number of anilines is 1. The molecule has 1 N–H and O–H groups in total. The molecule has 0 aliphatic heterocycles. The maximum atomic E-state index is 13.2. The van der Waals surface area contributed by atoms with Gasteiger partial charge in [0.15, 0.2) is 0 Å². The fourth-order valence-electron chi connectivity index (χ4n) is 2.44. The average Bonchev–Trinajstić information content (AvgIpc) is 2.61. The van der Waals surface area contributed by atoms with Gasteiger partial charge < -0.3 is 10.1 Å². The van der Waals surface area contributed by atoms with Gasteiger partial charge in [-0.1, -0.05) is 48.5 Å². The molecule has 0 saturated carbocycles. The van der Waals surface area contributed by atoms with Gasteiger partial charge in [0.05, 0.1) is 6.42 Å². The topological polar surface area (TPSA) is 38.3 Å². The van der Waals surface area contributed by atoms with Gasteiger partial charge in [-0.3, -0.25) is 4.79 Å². The van der Waals surface area contributed by atoms with E-state index in [4.69, 9.17) is 4.74 Å². The molecule has 3 nitrogen and oxygen atoms in total. The lowest BCUT2D eigenvalue weighted by Crippen LogP contribution is -2.14. The number of hydrogen-bond acceptors (Lipinski definition) is 2. The Morgan fingerprint density at radius 2 is 1.64 bits per heavy atom. The molecule has 1 amide bonds. The summed E-state index contributed by atoms with van der Waals surface area (Å²) in [6, 6.07) is 23.1. The number of halogens is 1. The van der Waals surface area contributed by atoms with Crippen molar-refractivity contribution in [3.63, 3.8) is 0 Å². The van der Waals surface area contributed by atoms with E-state index in [2.05, 4.69) is 5.32 Å². The minimum Gasteiger partial charge on any atom is -0.489 e. The number of amides is 1. The second kappa shape index (κ2) is 8.11. The molecule has 4 heteroatoms. The Morgan fingerprint density at radius 3 is 2.44 bits per heavy atom. The van der Waals surface area contributed by atoms with E-state index in [1.165, 1.54) is 12.1 Å². The average molecular weight is 335 g/mol. The Labute approximate surface area is 146 Å². The quantitative estimate of drug-likeness (QED) is 0.716. The summed E-state index contributed by atoms with van der Waals surface area (Å²) in [4.78, 5) is 12.1. The lowest BCUT2D eigenvalue weighted by molar-refractivity contribution is -0.115. The van der Waals surface area contributed by atoms with Crippen molar-refractivity contribution >= 4 is 11.6 Å². The Morgan fingerprint density at radius 1 is 0.880 bits per heavy atom. The van der Waals surface area contributed by atoms with Gasteiger partial charge in [-0.25, -0.2) is 4.39 Å². The van der Waals surface area contributed by atoms with Crippen molar-refractivity contribution in [2.45, 2.75) is 13.0 Å². The lowest BCUT2D eigenvalue weighted by Gasteiger charge is -2.09. The zero-order chi connectivity index (χ0) is 17.5. The third kappa shape index (κ3) is 5.18. The van der Waals surface area contributed by atoms with Crippen LogP contribution < -0.4 is 10.1 Å². The number of nitrogens with one attached hydrogen (secondary N) is 1. The van der Waals surface area contributed by atoms with Crippen molar-refractivity contribution < 1.29 is 13.9 Å². The molecule has 25 heavy (non-hydrogen) atoms. The summed E-state index contributed by atoms with van der Waals surface area (Å²) in [5.41, 5.74) is 2.36. The molecule has 0 saturated heterocycles. The number of benzene rings is 3. The Hall–Kier alpha value is -3.14. The van der Waals surface area contributed by atoms with Gasteiger partial charge in [-0.05, 0) is 41.5 Å². The SMILES string of the molecule is O=C(Cc1cccc(OCc2ccccc2)c1)Nc1cccc(F)c1. The predicted molar refractivity (Wildman–Crippen MR) is 95.9 cm³/mol. The molecule has 126 valence electrons. The monoisotopic (exact) mass is 335 g/mol. The summed E-state index contributed by atoms with van der Waals surface area (Å²) in [6.45, 7) is 0.472. The molecule has 0 aliphatic carbocycles. The molecular weight excluding hydrogens is 317 g/mol. The summed E-state index contributed by atoms with van der Waals surface area (Å²) < 4.78 is 18.9. The Kier molecular flexibility index (Phi) is 5.42. The predicted octanol–water partition coefficient (Wildman–Crippen LogP) is 4.59. The fourth-order valence-corrected chi connectivity index (χ4v) is 2.44. The number of carbonyl (C=O) groups excluding carboxylic acids is 1. The molecule has 0 aromatic heterocycles. The van der Waals surface area contributed by atoms with Gasteiger partial charge in [-0.15, -0.1) is 0 Å². The van der Waals surface area contributed by atoms with Crippen molar-refractivity contribution in [2.24, 2.45) is 0 Å². The van der Waals surface area contributed by atoms with Gasteiger partial charge >= 0.3 is 0 Å². The number of hydrogen-bond donors (Lipinski definition) is 1. The van der Waals surface area contributed by atoms with E-state index >= 15 is 0 Å². The highest BCUT2D eigenvalue weighted by molar-refractivity contribution is 5.92. The maximum absolute atomic E-state index is 13.2. The van der Waals surface area contributed by atoms with Crippen LogP contribution >= 0.6 is 0 Å². The molecule has 3 rings (SSSR count). The summed E-state index contributed by atoms with van der Waals surface area (Å²) in [5.74, 6) is 0.125. The van der Waals surface area contributed by atoms with Crippen LogP contribution in [0.5, 0.6) is 5.75 Å². The smallest absolute Gasteiger partial charge is 0.228 e. The van der Waals surface area contributed by atoms with E-state index < -0.39 is 0 Å². The van der Waals surface area contributed by atoms with Crippen molar-refractivity contribution in [3.05, 3.63) is 95.8 Å². The molecule has 0 heterocycles. The molecular formula is C21H18FNO2. The summed E-state index contributed by atoms with van der Waals surface area (Å²) in [5, 5.41) is 2.69. The van der Waals surface area contributed by atoms with Crippen molar-refractivity contribution in [3.8, 4) is 5.75 Å². The van der Waals surface area contributed by atoms with E-state index in [0.29, 0.717) is 18.0 Å². The van der Waals surface area contributed by atoms with Crippen molar-refractivity contribution in [1.82, 2.24) is 0 Å². The van der Waals surface area contributed by atoms with E-state index in [-0.39, 0.29) is 18.1 Å². The largest absolute Gasteiger partial charge is 0.489 e. The van der Waals surface area contributed by atoms with Crippen LogP contribution in [0.2, 0.25) is 0 Å². The molecule has 0 aliphatic rings. The third-order valence-corrected chi connectivity index (χ3v) is 3.62. The minimum atomic E-state index is -0.380. The zero-order valence-electron chi connectivity index (χ0n) is 13.6. The molecule has 0 fully saturated rings. The summed E-state index contributed by atoms with van der Waals surface area (Å²) in [7, 11) is 0. The van der Waals surface area contributed by atoms with Crippen LogP contribution in [-0.2, 0) is 17.8 Å². The number of rotatable bonds is 6. The van der Waals surface area contributed by atoms with E-state index in [9.17, 15) is 9.18 Å². The molecule has 0 unspecified atom stereocenters. The summed E-state index contributed by atoms with van der Waals surface area (Å²) in [6.07, 6.45) is 0.194. The molecule has 0 radical (unpaired) electrons. The first kappa shape index (κ1) is 16.7. The van der Waals surface area contributed by atoms with Crippen LogP contribution in [0, 0.1) is 5.82 Å². The minimum absolute atomic E-state index is 0.194. The van der Waals surface area contributed by atoms with Crippen molar-refractivity contribution in [1.29, 1.82) is 0 Å². The molecule has 0 spiro atoms. The molecule has 3 aromatic carbocycles. The van der Waals surface area contributed by atoms with Crippen LogP contribution in [-0.4, -0.2) is 5.91 Å². The normalized spacial score (nSPS) is 10.3. The van der Waals surface area contributed by atoms with Crippen LogP contribution in [0.1, 0.15) is 11.1 Å². The van der Waals surface area contributed by atoms with Gasteiger partial charge in [-0.2, -0.15) is 0 Å². The van der Waals surface area contributed by atoms with Crippen LogP contribution in [0.4, 0.5) is 10.1 Å². The Bertz CT molecular complexity index is 849. The first-order valence-electron chi connectivity index (χ1n) is 8.00. The van der Waals surface area contributed by atoms with E-state index in [1.54, 1.807) is 12.1 Å². The second-order valence-electron chi connectivity index (χ2n) is 5.66. The highest BCUT2D eigenvalue weighted by Crippen LogP contribution is 2.16. The highest BCUT2D eigenvalue weighted by atomic mass is 19.1. The fraction of sp³-hybridized carbons (Fsp3) is 0.0952. The second-order valence-corrected chi connectivity index (χ2v) is 5.66.